The summed E-state index contributed by atoms with van der Waals surface area (Å²) < 4.78 is 0. The van der Waals surface area contributed by atoms with Gasteiger partial charge in [-0.25, -0.2) is 0 Å². The molecule has 1 saturated heterocycles. The molecule has 0 aromatic rings. The maximum Gasteiger partial charge on any atom is 0.0101 e. The second-order valence-corrected chi connectivity index (χ2v) is 4.78. The van der Waals surface area contributed by atoms with E-state index >= 15 is 0 Å². The van der Waals surface area contributed by atoms with E-state index in [1.54, 1.807) is 0 Å². The number of hydrogen-bond acceptors (Lipinski definition) is 3. The average molecular weight is 188 g/mol. The normalized spacial score (nSPS) is 22.5. The highest BCUT2D eigenvalue weighted by Gasteiger charge is 2.12. The zero-order chi connectivity index (χ0) is 8.81. The Balaban J connectivity index is 1.98. The van der Waals surface area contributed by atoms with Crippen LogP contribution in [0.4, 0.5) is 0 Å². The van der Waals surface area contributed by atoms with Crippen molar-refractivity contribution in [1.82, 2.24) is 5.32 Å². The quantitative estimate of drug-likeness (QED) is 0.693. The molecule has 0 bridgehead atoms. The summed E-state index contributed by atoms with van der Waals surface area (Å²) in [5, 5.41) is 3.38. The van der Waals surface area contributed by atoms with Gasteiger partial charge in [0.1, 0.15) is 0 Å². The number of nitrogens with two attached hydrogens (primary N) is 1. The highest BCUT2D eigenvalue weighted by atomic mass is 32.2. The van der Waals surface area contributed by atoms with Crippen LogP contribution < -0.4 is 11.1 Å². The number of nitrogens with one attached hydrogen (secondary N) is 1. The molecule has 0 radical (unpaired) electrons. The van der Waals surface area contributed by atoms with Gasteiger partial charge in [-0.05, 0) is 44.5 Å². The lowest BCUT2D eigenvalue weighted by Crippen LogP contribution is -2.29. The van der Waals surface area contributed by atoms with Crippen molar-refractivity contribution in [2.45, 2.75) is 25.8 Å². The van der Waals surface area contributed by atoms with Gasteiger partial charge >= 0.3 is 0 Å². The summed E-state index contributed by atoms with van der Waals surface area (Å²) in [5.74, 6) is 3.36. The third-order valence-electron chi connectivity index (χ3n) is 2.19. The van der Waals surface area contributed by atoms with Crippen LogP contribution in [-0.2, 0) is 0 Å². The van der Waals surface area contributed by atoms with Crippen molar-refractivity contribution in [1.29, 1.82) is 0 Å². The zero-order valence-corrected chi connectivity index (χ0v) is 8.70. The van der Waals surface area contributed by atoms with Crippen LogP contribution >= 0.6 is 11.8 Å². The van der Waals surface area contributed by atoms with E-state index in [0.717, 1.165) is 11.7 Å². The monoisotopic (exact) mass is 188 g/mol. The first-order chi connectivity index (χ1) is 5.79. The topological polar surface area (TPSA) is 38.0 Å². The molecule has 3 N–H and O–H groups in total. The summed E-state index contributed by atoms with van der Waals surface area (Å²) in [6.45, 7) is 4.50. The van der Waals surface area contributed by atoms with E-state index in [1.807, 2.05) is 11.8 Å². The molecule has 1 rings (SSSR count). The summed E-state index contributed by atoms with van der Waals surface area (Å²) >= 11 is 2.02. The zero-order valence-electron chi connectivity index (χ0n) is 7.88. The standard InChI is InChI=1S/C9H20N2S/c1-8(10)6-12-7-9-2-4-11-5-3-9/h8-9,11H,2-7,10H2,1H3. The first-order valence-corrected chi connectivity index (χ1v) is 5.98. The van der Waals surface area contributed by atoms with Gasteiger partial charge in [0.15, 0.2) is 0 Å². The Labute approximate surface area is 79.7 Å². The maximum absolute atomic E-state index is 5.67. The molecule has 0 spiro atoms. The second kappa shape index (κ2) is 5.84. The van der Waals surface area contributed by atoms with Crippen LogP contribution in [0.25, 0.3) is 0 Å². The Hall–Kier alpha value is 0.270. The van der Waals surface area contributed by atoms with Crippen molar-refractivity contribution in [3.8, 4) is 0 Å². The van der Waals surface area contributed by atoms with E-state index in [4.69, 9.17) is 5.73 Å². The van der Waals surface area contributed by atoms with Gasteiger partial charge < -0.3 is 11.1 Å². The van der Waals surface area contributed by atoms with E-state index in [9.17, 15) is 0 Å². The summed E-state index contributed by atoms with van der Waals surface area (Å²) in [4.78, 5) is 0. The highest BCUT2D eigenvalue weighted by molar-refractivity contribution is 7.99. The molecule has 72 valence electrons. The predicted octanol–water partition coefficient (Wildman–Crippen LogP) is 1.07. The molecule has 1 fully saturated rings. The second-order valence-electron chi connectivity index (χ2n) is 3.71. The fourth-order valence-corrected chi connectivity index (χ4v) is 2.64. The Bertz CT molecular complexity index is 111. The van der Waals surface area contributed by atoms with Crippen LogP contribution in [-0.4, -0.2) is 30.6 Å². The summed E-state index contributed by atoms with van der Waals surface area (Å²) in [6, 6.07) is 0.358. The van der Waals surface area contributed by atoms with E-state index in [-0.39, 0.29) is 0 Å². The maximum atomic E-state index is 5.67. The molecule has 1 aliphatic rings. The molecule has 3 heteroatoms. The van der Waals surface area contributed by atoms with E-state index in [2.05, 4.69) is 12.2 Å². The molecule has 12 heavy (non-hydrogen) atoms. The van der Waals surface area contributed by atoms with Crippen molar-refractivity contribution < 1.29 is 0 Å². The molecular formula is C9H20N2S. The Morgan fingerprint density at radius 3 is 2.75 bits per heavy atom. The van der Waals surface area contributed by atoms with Crippen molar-refractivity contribution in [3.63, 3.8) is 0 Å². The number of rotatable bonds is 4. The molecule has 0 aliphatic carbocycles. The van der Waals surface area contributed by atoms with Crippen LogP contribution in [0, 0.1) is 5.92 Å². The molecule has 0 saturated carbocycles. The van der Waals surface area contributed by atoms with Crippen molar-refractivity contribution in [3.05, 3.63) is 0 Å². The number of hydrogen-bond donors (Lipinski definition) is 2. The van der Waals surface area contributed by atoms with E-state index in [1.165, 1.54) is 31.7 Å². The molecule has 0 amide bonds. The highest BCUT2D eigenvalue weighted by Crippen LogP contribution is 2.17. The number of thioether (sulfide) groups is 1. The lowest BCUT2D eigenvalue weighted by Gasteiger charge is -2.22. The van der Waals surface area contributed by atoms with Crippen molar-refractivity contribution >= 4 is 11.8 Å². The first kappa shape index (κ1) is 10.4. The van der Waals surface area contributed by atoms with Crippen molar-refractivity contribution in [2.75, 3.05) is 24.6 Å². The third kappa shape index (κ3) is 4.33. The third-order valence-corrected chi connectivity index (χ3v) is 3.66. The van der Waals surface area contributed by atoms with Crippen LogP contribution in [0.2, 0.25) is 0 Å². The van der Waals surface area contributed by atoms with Gasteiger partial charge in [-0.2, -0.15) is 11.8 Å². The van der Waals surface area contributed by atoms with Crippen LogP contribution in [0.1, 0.15) is 19.8 Å². The molecule has 0 aromatic carbocycles. The van der Waals surface area contributed by atoms with Gasteiger partial charge in [-0.1, -0.05) is 0 Å². The molecule has 2 nitrogen and oxygen atoms in total. The first-order valence-electron chi connectivity index (χ1n) is 4.83. The van der Waals surface area contributed by atoms with Gasteiger partial charge in [0.2, 0.25) is 0 Å². The molecule has 1 atom stereocenters. The number of piperidine rings is 1. The van der Waals surface area contributed by atoms with Gasteiger partial charge in [0, 0.05) is 11.8 Å². The SMILES string of the molecule is CC(N)CSCC1CCNCC1. The summed E-state index contributed by atoms with van der Waals surface area (Å²) in [7, 11) is 0. The minimum Gasteiger partial charge on any atom is -0.327 e. The Kier molecular flexibility index (Phi) is 5.04. The van der Waals surface area contributed by atoms with E-state index in [0.29, 0.717) is 6.04 Å². The van der Waals surface area contributed by atoms with Gasteiger partial charge in [-0.3, -0.25) is 0 Å². The molecule has 1 unspecified atom stereocenters. The minimum absolute atomic E-state index is 0.358. The molecule has 1 aliphatic heterocycles. The van der Waals surface area contributed by atoms with E-state index < -0.39 is 0 Å². The lowest BCUT2D eigenvalue weighted by atomic mass is 10.0. The van der Waals surface area contributed by atoms with Gasteiger partial charge in [0.25, 0.3) is 0 Å². The molecule has 1 heterocycles. The van der Waals surface area contributed by atoms with Crippen molar-refractivity contribution in [2.24, 2.45) is 11.7 Å². The van der Waals surface area contributed by atoms with Crippen LogP contribution in [0.15, 0.2) is 0 Å². The van der Waals surface area contributed by atoms with Crippen LogP contribution in [0.5, 0.6) is 0 Å². The summed E-state index contributed by atoms with van der Waals surface area (Å²) in [6.07, 6.45) is 2.71. The molecular weight excluding hydrogens is 168 g/mol. The van der Waals surface area contributed by atoms with Gasteiger partial charge in [-0.15, -0.1) is 0 Å². The predicted molar refractivity (Wildman–Crippen MR) is 56.6 cm³/mol. The lowest BCUT2D eigenvalue weighted by molar-refractivity contribution is 0.408. The molecule has 0 aromatic heterocycles. The van der Waals surface area contributed by atoms with Crippen LogP contribution in [0.3, 0.4) is 0 Å². The Morgan fingerprint density at radius 1 is 1.50 bits per heavy atom. The Morgan fingerprint density at radius 2 is 2.17 bits per heavy atom. The fourth-order valence-electron chi connectivity index (χ4n) is 1.47. The van der Waals surface area contributed by atoms with Gasteiger partial charge in [0.05, 0.1) is 0 Å². The average Bonchev–Trinajstić information content (AvgIpc) is 2.05. The fraction of sp³-hybridized carbons (Fsp3) is 1.00. The smallest absolute Gasteiger partial charge is 0.0101 e. The largest absolute Gasteiger partial charge is 0.327 e. The minimum atomic E-state index is 0.358. The summed E-state index contributed by atoms with van der Waals surface area (Å²) in [5.41, 5.74) is 5.67.